The molecule has 0 aromatic carbocycles. The van der Waals surface area contributed by atoms with E-state index in [0.29, 0.717) is 0 Å². The topological polar surface area (TPSA) is 55.1 Å². The van der Waals surface area contributed by atoms with Crippen LogP contribution in [-0.2, 0) is 0 Å². The van der Waals surface area contributed by atoms with Gasteiger partial charge in [0.15, 0.2) is 11.5 Å². The van der Waals surface area contributed by atoms with Gasteiger partial charge in [-0.3, -0.25) is 0 Å². The molecule has 0 aliphatic carbocycles. The van der Waals surface area contributed by atoms with Crippen molar-refractivity contribution in [3.8, 4) is 0 Å². The van der Waals surface area contributed by atoms with E-state index in [0.717, 1.165) is 36.0 Å². The van der Waals surface area contributed by atoms with Gasteiger partial charge in [-0.05, 0) is 44.4 Å². The average molecular weight is 231 g/mol. The van der Waals surface area contributed by atoms with Crippen LogP contribution in [-0.4, -0.2) is 26.4 Å². The van der Waals surface area contributed by atoms with E-state index in [1.807, 2.05) is 23.6 Å². The van der Waals surface area contributed by atoms with E-state index in [-0.39, 0.29) is 6.04 Å². The van der Waals surface area contributed by atoms with Crippen molar-refractivity contribution in [3.63, 3.8) is 0 Å². The van der Waals surface area contributed by atoms with Gasteiger partial charge in [-0.15, -0.1) is 10.2 Å². The number of aryl methyl sites for hydroxylation is 1. The van der Waals surface area contributed by atoms with Crippen molar-refractivity contribution in [2.75, 3.05) is 6.54 Å². The molecule has 5 nitrogen and oxygen atoms in total. The van der Waals surface area contributed by atoms with Crippen LogP contribution in [0.1, 0.15) is 37.3 Å². The van der Waals surface area contributed by atoms with Crippen LogP contribution in [0.5, 0.6) is 0 Å². The Hall–Kier alpha value is -1.49. The third-order valence-corrected chi connectivity index (χ3v) is 3.40. The van der Waals surface area contributed by atoms with Gasteiger partial charge < -0.3 is 5.32 Å². The van der Waals surface area contributed by atoms with E-state index in [1.165, 1.54) is 6.42 Å². The molecule has 1 fully saturated rings. The van der Waals surface area contributed by atoms with Gasteiger partial charge >= 0.3 is 0 Å². The molecular weight excluding hydrogens is 214 g/mol. The molecular formula is C12H17N5. The smallest absolute Gasteiger partial charge is 0.177 e. The maximum Gasteiger partial charge on any atom is 0.177 e. The Labute approximate surface area is 100 Å². The first kappa shape index (κ1) is 10.7. The van der Waals surface area contributed by atoms with Crippen LogP contribution < -0.4 is 5.32 Å². The van der Waals surface area contributed by atoms with Gasteiger partial charge in [-0.1, -0.05) is 6.92 Å². The Morgan fingerprint density at radius 2 is 2.24 bits per heavy atom. The molecule has 5 heteroatoms. The second-order valence-corrected chi connectivity index (χ2v) is 4.94. The second-order valence-electron chi connectivity index (χ2n) is 4.94. The predicted octanol–water partition coefficient (Wildman–Crippen LogP) is 1.49. The van der Waals surface area contributed by atoms with E-state index >= 15 is 0 Å². The summed E-state index contributed by atoms with van der Waals surface area (Å²) in [6, 6.07) is 4.21. The molecule has 2 unspecified atom stereocenters. The number of rotatable bonds is 1. The minimum Gasteiger partial charge on any atom is -0.307 e. The summed E-state index contributed by atoms with van der Waals surface area (Å²) in [5, 5.41) is 16.4. The molecule has 2 atom stereocenters. The predicted molar refractivity (Wildman–Crippen MR) is 64.7 cm³/mol. The number of piperidine rings is 1. The largest absolute Gasteiger partial charge is 0.307 e. The Morgan fingerprint density at radius 1 is 1.35 bits per heavy atom. The van der Waals surface area contributed by atoms with Crippen LogP contribution >= 0.6 is 0 Å². The molecule has 0 bridgehead atoms. The van der Waals surface area contributed by atoms with Gasteiger partial charge in [-0.25, -0.2) is 0 Å². The summed E-state index contributed by atoms with van der Waals surface area (Å²) >= 11 is 0. The molecule has 2 aromatic rings. The van der Waals surface area contributed by atoms with Gasteiger partial charge in [0.25, 0.3) is 0 Å². The fraction of sp³-hybridized carbons (Fsp3) is 0.583. The van der Waals surface area contributed by atoms with Gasteiger partial charge in [0, 0.05) is 0 Å². The number of hydrogen-bond donors (Lipinski definition) is 1. The summed E-state index contributed by atoms with van der Waals surface area (Å²) in [7, 11) is 0. The lowest BCUT2D eigenvalue weighted by atomic mass is 9.94. The van der Waals surface area contributed by atoms with Crippen LogP contribution in [0, 0.1) is 12.8 Å². The number of aromatic nitrogens is 4. The van der Waals surface area contributed by atoms with Crippen molar-refractivity contribution in [1.29, 1.82) is 0 Å². The quantitative estimate of drug-likeness (QED) is 0.808. The first-order valence-electron chi connectivity index (χ1n) is 6.16. The molecule has 1 aliphatic rings. The third kappa shape index (κ3) is 1.91. The molecule has 1 N–H and O–H groups in total. The first-order chi connectivity index (χ1) is 8.24. The van der Waals surface area contributed by atoms with Crippen LogP contribution in [0.3, 0.4) is 0 Å². The van der Waals surface area contributed by atoms with Crippen molar-refractivity contribution in [1.82, 2.24) is 25.1 Å². The molecule has 0 saturated carbocycles. The van der Waals surface area contributed by atoms with Crippen LogP contribution in [0.4, 0.5) is 0 Å². The van der Waals surface area contributed by atoms with Crippen LogP contribution in [0.2, 0.25) is 0 Å². The highest BCUT2D eigenvalue weighted by Gasteiger charge is 2.24. The monoisotopic (exact) mass is 231 g/mol. The standard InChI is InChI=1S/C12H17N5/c1-8-5-6-13-10(7-8)12-15-14-11-4-3-9(2)16-17(11)12/h3-4,8,10,13H,5-7H2,1-2H3. The maximum atomic E-state index is 4.49. The molecule has 0 spiro atoms. The van der Waals surface area contributed by atoms with E-state index in [2.05, 4.69) is 27.5 Å². The normalized spacial score (nSPS) is 25.3. The number of fused-ring (bicyclic) bond motifs is 1. The lowest BCUT2D eigenvalue weighted by molar-refractivity contribution is 0.312. The Kier molecular flexibility index (Phi) is 2.55. The third-order valence-electron chi connectivity index (χ3n) is 3.40. The highest BCUT2D eigenvalue weighted by molar-refractivity contribution is 5.36. The molecule has 1 aliphatic heterocycles. The van der Waals surface area contributed by atoms with E-state index in [9.17, 15) is 0 Å². The first-order valence-corrected chi connectivity index (χ1v) is 6.16. The van der Waals surface area contributed by atoms with Crippen molar-refractivity contribution in [3.05, 3.63) is 23.7 Å². The summed E-state index contributed by atoms with van der Waals surface area (Å²) in [6.07, 6.45) is 2.34. The Balaban J connectivity index is 2.01. The number of nitrogens with one attached hydrogen (secondary N) is 1. The minimum atomic E-state index is 0.281. The molecule has 90 valence electrons. The van der Waals surface area contributed by atoms with Gasteiger partial charge in [0.2, 0.25) is 0 Å². The maximum absolute atomic E-state index is 4.49. The van der Waals surface area contributed by atoms with Crippen molar-refractivity contribution >= 4 is 5.65 Å². The zero-order valence-electron chi connectivity index (χ0n) is 10.2. The highest BCUT2D eigenvalue weighted by atomic mass is 15.4. The second kappa shape index (κ2) is 4.07. The SMILES string of the molecule is Cc1ccc2nnc(C3CC(C)CCN3)n2n1. The zero-order chi connectivity index (χ0) is 11.8. The lowest BCUT2D eigenvalue weighted by Gasteiger charge is -2.26. The summed E-state index contributed by atoms with van der Waals surface area (Å²) in [5.74, 6) is 1.67. The summed E-state index contributed by atoms with van der Waals surface area (Å²) < 4.78 is 1.87. The Bertz CT molecular complexity index is 533. The minimum absolute atomic E-state index is 0.281. The van der Waals surface area contributed by atoms with Crippen molar-refractivity contribution in [2.24, 2.45) is 5.92 Å². The molecule has 3 heterocycles. The molecule has 3 rings (SSSR count). The molecule has 17 heavy (non-hydrogen) atoms. The lowest BCUT2D eigenvalue weighted by Crippen LogP contribution is -2.32. The average Bonchev–Trinajstić information content (AvgIpc) is 2.71. The molecule has 2 aromatic heterocycles. The van der Waals surface area contributed by atoms with Crippen LogP contribution in [0.25, 0.3) is 5.65 Å². The van der Waals surface area contributed by atoms with Crippen molar-refractivity contribution in [2.45, 2.75) is 32.7 Å². The van der Waals surface area contributed by atoms with Crippen molar-refractivity contribution < 1.29 is 0 Å². The van der Waals surface area contributed by atoms with Crippen LogP contribution in [0.15, 0.2) is 12.1 Å². The van der Waals surface area contributed by atoms with E-state index in [1.54, 1.807) is 0 Å². The van der Waals surface area contributed by atoms with Gasteiger partial charge in [0.1, 0.15) is 0 Å². The fourth-order valence-electron chi connectivity index (χ4n) is 2.42. The molecule has 0 amide bonds. The van der Waals surface area contributed by atoms with Gasteiger partial charge in [0.05, 0.1) is 11.7 Å². The molecule has 0 radical (unpaired) electrons. The summed E-state index contributed by atoms with van der Waals surface area (Å²) in [5.41, 5.74) is 1.81. The molecule has 1 saturated heterocycles. The number of hydrogen-bond acceptors (Lipinski definition) is 4. The number of nitrogens with zero attached hydrogens (tertiary/aromatic N) is 4. The highest BCUT2D eigenvalue weighted by Crippen LogP contribution is 2.25. The zero-order valence-corrected chi connectivity index (χ0v) is 10.2. The summed E-state index contributed by atoms with van der Waals surface area (Å²) in [4.78, 5) is 0. The Morgan fingerprint density at radius 3 is 3.06 bits per heavy atom. The van der Waals surface area contributed by atoms with E-state index < -0.39 is 0 Å². The van der Waals surface area contributed by atoms with Gasteiger partial charge in [-0.2, -0.15) is 9.61 Å². The van der Waals surface area contributed by atoms with E-state index in [4.69, 9.17) is 0 Å². The fourth-order valence-corrected chi connectivity index (χ4v) is 2.42. The summed E-state index contributed by atoms with van der Waals surface area (Å²) in [6.45, 7) is 5.32.